The summed E-state index contributed by atoms with van der Waals surface area (Å²) >= 11 is 0. The molecule has 0 unspecified atom stereocenters. The van der Waals surface area contributed by atoms with Gasteiger partial charge >= 0.3 is 5.97 Å². The van der Waals surface area contributed by atoms with Crippen LogP contribution in [0.1, 0.15) is 16.1 Å². The van der Waals surface area contributed by atoms with E-state index in [4.69, 9.17) is 0 Å². The minimum atomic E-state index is -0.474. The number of methoxy groups -OCH3 is 1. The van der Waals surface area contributed by atoms with Crippen LogP contribution in [0.3, 0.4) is 0 Å². The van der Waals surface area contributed by atoms with Crippen molar-refractivity contribution in [3.8, 4) is 0 Å². The van der Waals surface area contributed by atoms with E-state index in [9.17, 15) is 9.59 Å². The predicted octanol–water partition coefficient (Wildman–Crippen LogP) is 0.728. The molecule has 17 heavy (non-hydrogen) atoms. The molecule has 0 amide bonds. The zero-order valence-corrected chi connectivity index (χ0v) is 9.03. The summed E-state index contributed by atoms with van der Waals surface area (Å²) < 4.78 is 6.20. The molecule has 2 rings (SSSR count). The van der Waals surface area contributed by atoms with Gasteiger partial charge in [-0.3, -0.25) is 9.20 Å². The number of aldehydes is 1. The maximum Gasteiger partial charge on any atom is 0.340 e. The molecule has 6 nitrogen and oxygen atoms in total. The van der Waals surface area contributed by atoms with Gasteiger partial charge in [-0.25, -0.2) is 14.8 Å². The first kappa shape index (κ1) is 11.0. The van der Waals surface area contributed by atoms with Gasteiger partial charge in [-0.2, -0.15) is 0 Å². The largest absolute Gasteiger partial charge is 0.465 e. The lowest BCUT2D eigenvalue weighted by molar-refractivity contribution is -0.104. The van der Waals surface area contributed by atoms with Crippen LogP contribution in [0.5, 0.6) is 0 Å². The van der Waals surface area contributed by atoms with Crippen molar-refractivity contribution in [1.29, 1.82) is 0 Å². The van der Waals surface area contributed by atoms with Crippen molar-refractivity contribution in [3.63, 3.8) is 0 Å². The van der Waals surface area contributed by atoms with Crippen LogP contribution in [0.15, 0.2) is 24.7 Å². The van der Waals surface area contributed by atoms with Crippen LogP contribution in [0.4, 0.5) is 0 Å². The second-order valence-corrected chi connectivity index (χ2v) is 3.18. The number of carbonyl (C=O) groups is 2. The van der Waals surface area contributed by atoms with E-state index in [-0.39, 0.29) is 0 Å². The summed E-state index contributed by atoms with van der Waals surface area (Å²) in [5.74, 6) is -0.0263. The molecule has 0 radical (unpaired) electrons. The van der Waals surface area contributed by atoms with Crippen LogP contribution < -0.4 is 0 Å². The van der Waals surface area contributed by atoms with E-state index >= 15 is 0 Å². The highest BCUT2D eigenvalue weighted by Gasteiger charge is 2.09. The van der Waals surface area contributed by atoms with Crippen LogP contribution in [0.25, 0.3) is 11.9 Å². The molecule has 6 heteroatoms. The molecule has 0 bridgehead atoms. The number of nitrogens with zero attached hydrogens (tertiary/aromatic N) is 3. The molecule has 0 spiro atoms. The Hall–Kier alpha value is -2.50. The van der Waals surface area contributed by atoms with Gasteiger partial charge in [0.15, 0.2) is 0 Å². The van der Waals surface area contributed by atoms with Gasteiger partial charge in [0.25, 0.3) is 0 Å². The fraction of sp³-hybridized carbons (Fsp3) is 0.0909. The molecule has 0 saturated carbocycles. The van der Waals surface area contributed by atoms with Gasteiger partial charge < -0.3 is 4.74 Å². The van der Waals surface area contributed by atoms with E-state index < -0.39 is 5.97 Å². The fourth-order valence-corrected chi connectivity index (χ4v) is 1.38. The van der Waals surface area contributed by atoms with Crippen molar-refractivity contribution in [3.05, 3.63) is 35.9 Å². The van der Waals surface area contributed by atoms with Gasteiger partial charge in [-0.05, 0) is 12.2 Å². The molecule has 0 saturated heterocycles. The van der Waals surface area contributed by atoms with E-state index in [0.29, 0.717) is 23.3 Å². The number of ether oxygens (including phenoxy) is 1. The average molecular weight is 231 g/mol. The smallest absolute Gasteiger partial charge is 0.340 e. The Morgan fingerprint density at radius 1 is 1.41 bits per heavy atom. The van der Waals surface area contributed by atoms with Crippen LogP contribution in [-0.2, 0) is 9.53 Å². The first-order valence-corrected chi connectivity index (χ1v) is 4.79. The van der Waals surface area contributed by atoms with Gasteiger partial charge in [-0.15, -0.1) is 0 Å². The van der Waals surface area contributed by atoms with E-state index in [1.54, 1.807) is 22.9 Å². The summed E-state index contributed by atoms with van der Waals surface area (Å²) in [4.78, 5) is 29.6. The minimum Gasteiger partial charge on any atom is -0.465 e. The van der Waals surface area contributed by atoms with Crippen LogP contribution in [-0.4, -0.2) is 33.7 Å². The Morgan fingerprint density at radius 2 is 2.18 bits per heavy atom. The Kier molecular flexibility index (Phi) is 2.95. The highest BCUT2D eigenvalue weighted by Crippen LogP contribution is 2.08. The number of aromatic nitrogens is 3. The van der Waals surface area contributed by atoms with Crippen molar-refractivity contribution < 1.29 is 14.3 Å². The Bertz CT molecular complexity index is 601. The van der Waals surface area contributed by atoms with Crippen LogP contribution in [0, 0.1) is 0 Å². The van der Waals surface area contributed by atoms with Gasteiger partial charge in [0.2, 0.25) is 5.78 Å². The summed E-state index contributed by atoms with van der Waals surface area (Å²) in [5.41, 5.74) is 0.976. The Balaban J connectivity index is 2.53. The topological polar surface area (TPSA) is 73.6 Å². The number of hydrogen-bond donors (Lipinski definition) is 0. The zero-order valence-electron chi connectivity index (χ0n) is 9.03. The SMILES string of the molecule is COC(=O)c1cnc2ncc(/C=C/C=O)n2c1. The molecule has 2 aromatic heterocycles. The van der Waals surface area contributed by atoms with Crippen molar-refractivity contribution in [1.82, 2.24) is 14.4 Å². The van der Waals surface area contributed by atoms with Gasteiger partial charge in [0.1, 0.15) is 6.29 Å². The maximum atomic E-state index is 11.3. The number of imidazole rings is 1. The molecular weight excluding hydrogens is 222 g/mol. The quantitative estimate of drug-likeness (QED) is 0.442. The summed E-state index contributed by atoms with van der Waals surface area (Å²) in [7, 11) is 1.30. The van der Waals surface area contributed by atoms with Gasteiger partial charge in [0, 0.05) is 12.4 Å². The number of allylic oxidation sites excluding steroid dienone is 1. The summed E-state index contributed by atoms with van der Waals surface area (Å²) in [6.45, 7) is 0. The van der Waals surface area contributed by atoms with Gasteiger partial charge in [-0.1, -0.05) is 0 Å². The van der Waals surface area contributed by atoms with E-state index in [1.165, 1.54) is 19.4 Å². The monoisotopic (exact) mass is 231 g/mol. The number of rotatable bonds is 3. The number of fused-ring (bicyclic) bond motifs is 1. The second-order valence-electron chi connectivity index (χ2n) is 3.18. The molecule has 0 aromatic carbocycles. The molecule has 2 aromatic rings. The number of carbonyl (C=O) groups excluding carboxylic acids is 2. The number of esters is 1. The standard InChI is InChI=1S/C11H9N3O3/c1-17-10(16)8-5-12-11-13-6-9(3-2-4-15)14(11)7-8/h2-7H,1H3/b3-2+. The Labute approximate surface area is 96.6 Å². The average Bonchev–Trinajstić information content (AvgIpc) is 2.77. The van der Waals surface area contributed by atoms with Gasteiger partial charge in [0.05, 0.1) is 24.6 Å². The zero-order chi connectivity index (χ0) is 12.3. The molecule has 86 valence electrons. The van der Waals surface area contributed by atoms with Crippen LogP contribution in [0.2, 0.25) is 0 Å². The highest BCUT2D eigenvalue weighted by atomic mass is 16.5. The van der Waals surface area contributed by atoms with Crippen molar-refractivity contribution in [2.24, 2.45) is 0 Å². The molecular formula is C11H9N3O3. The molecule has 0 fully saturated rings. The summed E-state index contributed by atoms with van der Waals surface area (Å²) in [6.07, 6.45) is 8.09. The van der Waals surface area contributed by atoms with Crippen molar-refractivity contribution in [2.75, 3.05) is 7.11 Å². The molecule has 0 atom stereocenters. The Morgan fingerprint density at radius 3 is 2.88 bits per heavy atom. The summed E-state index contributed by atoms with van der Waals surface area (Å²) in [6, 6.07) is 0. The molecule has 0 aliphatic carbocycles. The number of hydrogen-bond acceptors (Lipinski definition) is 5. The molecule has 0 aliphatic rings. The lowest BCUT2D eigenvalue weighted by Gasteiger charge is -2.00. The third-order valence-electron chi connectivity index (χ3n) is 2.16. The molecule has 0 aliphatic heterocycles. The lowest BCUT2D eigenvalue weighted by Crippen LogP contribution is -2.04. The fourth-order valence-electron chi connectivity index (χ4n) is 1.38. The van der Waals surface area contributed by atoms with E-state index in [0.717, 1.165) is 0 Å². The van der Waals surface area contributed by atoms with Crippen LogP contribution >= 0.6 is 0 Å². The van der Waals surface area contributed by atoms with Crippen molar-refractivity contribution in [2.45, 2.75) is 0 Å². The normalized spacial score (nSPS) is 10.9. The first-order chi connectivity index (χ1) is 8.26. The van der Waals surface area contributed by atoms with Crippen molar-refractivity contribution >= 4 is 24.1 Å². The third kappa shape index (κ3) is 2.05. The third-order valence-corrected chi connectivity index (χ3v) is 2.16. The first-order valence-electron chi connectivity index (χ1n) is 4.79. The van der Waals surface area contributed by atoms with E-state index in [1.807, 2.05) is 0 Å². The minimum absolute atomic E-state index is 0.318. The van der Waals surface area contributed by atoms with E-state index in [2.05, 4.69) is 14.7 Å². The lowest BCUT2D eigenvalue weighted by atomic mass is 10.3. The summed E-state index contributed by atoms with van der Waals surface area (Å²) in [5, 5.41) is 0. The molecule has 0 N–H and O–H groups in total. The predicted molar refractivity (Wildman–Crippen MR) is 59.4 cm³/mol. The second kappa shape index (κ2) is 4.56. The molecule has 2 heterocycles. The highest BCUT2D eigenvalue weighted by molar-refractivity contribution is 5.88. The maximum absolute atomic E-state index is 11.3.